The number of aromatic nitrogens is 2. The average Bonchev–Trinajstić information content (AvgIpc) is 3.14. The number of nitrogens with one attached hydrogen (secondary N) is 1. The van der Waals surface area contributed by atoms with Crippen LogP contribution in [-0.2, 0) is 11.3 Å². The highest BCUT2D eigenvalue weighted by atomic mass is 19.1. The third kappa shape index (κ3) is 4.06. The molecule has 1 aromatic heterocycles. The predicted octanol–water partition coefficient (Wildman–Crippen LogP) is 5.22. The summed E-state index contributed by atoms with van der Waals surface area (Å²) in [6, 6.07) is 12.1. The summed E-state index contributed by atoms with van der Waals surface area (Å²) in [5, 5.41) is 2.78. The van der Waals surface area contributed by atoms with Crippen LogP contribution < -0.4 is 5.32 Å². The van der Waals surface area contributed by atoms with Gasteiger partial charge in [0.1, 0.15) is 17.5 Å². The first-order valence-electron chi connectivity index (χ1n) is 9.88. The van der Waals surface area contributed by atoms with Crippen molar-refractivity contribution in [1.29, 1.82) is 0 Å². The molecule has 3 aromatic rings. The van der Waals surface area contributed by atoms with Gasteiger partial charge in [0.05, 0.1) is 0 Å². The van der Waals surface area contributed by atoms with Crippen LogP contribution in [0.3, 0.4) is 0 Å². The molecule has 0 bridgehead atoms. The Morgan fingerprint density at radius 3 is 2.72 bits per heavy atom. The average molecular weight is 395 g/mol. The van der Waals surface area contributed by atoms with Gasteiger partial charge in [0, 0.05) is 42.4 Å². The van der Waals surface area contributed by atoms with Crippen LogP contribution in [0.4, 0.5) is 14.5 Å². The van der Waals surface area contributed by atoms with E-state index < -0.39 is 5.92 Å². The van der Waals surface area contributed by atoms with Crippen LogP contribution in [0, 0.1) is 11.6 Å². The minimum atomic E-state index is -0.455. The Balaban J connectivity index is 1.66. The Labute approximate surface area is 168 Å². The monoisotopic (exact) mass is 395 g/mol. The number of hydrogen-bond donors (Lipinski definition) is 1. The van der Waals surface area contributed by atoms with Crippen molar-refractivity contribution >= 4 is 11.6 Å². The molecule has 4 nitrogen and oxygen atoms in total. The van der Waals surface area contributed by atoms with Crippen LogP contribution in [0.15, 0.2) is 54.7 Å². The second-order valence-electron chi connectivity index (χ2n) is 7.57. The fraction of sp³-hybridized carbons (Fsp3) is 0.304. The third-order valence-corrected chi connectivity index (χ3v) is 5.53. The minimum Gasteiger partial charge on any atom is -0.331 e. The largest absolute Gasteiger partial charge is 0.331 e. The first-order chi connectivity index (χ1) is 14.0. The van der Waals surface area contributed by atoms with Crippen molar-refractivity contribution in [2.75, 3.05) is 5.32 Å². The minimum absolute atomic E-state index is 0.0673. The van der Waals surface area contributed by atoms with E-state index in [1.165, 1.54) is 30.3 Å². The Bertz CT molecular complexity index is 1010. The van der Waals surface area contributed by atoms with Crippen LogP contribution in [0.2, 0.25) is 0 Å². The lowest BCUT2D eigenvalue weighted by Crippen LogP contribution is -2.22. The van der Waals surface area contributed by atoms with Gasteiger partial charge in [0.2, 0.25) is 5.91 Å². The summed E-state index contributed by atoms with van der Waals surface area (Å²) in [6.07, 6.45) is 3.95. The number of carbonyl (C=O) groups is 1. The lowest BCUT2D eigenvalue weighted by atomic mass is 9.91. The summed E-state index contributed by atoms with van der Waals surface area (Å²) in [5.74, 6) is -0.0930. The Morgan fingerprint density at radius 1 is 1.21 bits per heavy atom. The standard InChI is InChI=1S/C23H23F2N3O/c1-15-5-4-12-28-21(14-26-23(15)28)19(18-6-2-3-7-20(18)25)13-22(29)27-17-10-8-16(24)9-11-17/h2-3,6-11,14-15,19H,4-5,12-13H2,1H3,(H,27,29). The number of imidazole rings is 1. The number of anilines is 1. The van der Waals surface area contributed by atoms with Crippen LogP contribution in [0.25, 0.3) is 0 Å². The summed E-state index contributed by atoms with van der Waals surface area (Å²) in [7, 11) is 0. The van der Waals surface area contributed by atoms with E-state index in [2.05, 4.69) is 21.8 Å². The summed E-state index contributed by atoms with van der Waals surface area (Å²) in [6.45, 7) is 2.96. The summed E-state index contributed by atoms with van der Waals surface area (Å²) in [5.41, 5.74) is 1.83. The molecule has 2 aromatic carbocycles. The van der Waals surface area contributed by atoms with Crippen molar-refractivity contribution in [3.63, 3.8) is 0 Å². The predicted molar refractivity (Wildman–Crippen MR) is 108 cm³/mol. The summed E-state index contributed by atoms with van der Waals surface area (Å²) >= 11 is 0. The van der Waals surface area contributed by atoms with E-state index in [0.29, 0.717) is 17.2 Å². The molecule has 1 N–H and O–H groups in total. The van der Waals surface area contributed by atoms with Crippen molar-refractivity contribution in [3.8, 4) is 0 Å². The first kappa shape index (κ1) is 19.3. The Kier molecular flexibility index (Phi) is 5.43. The number of benzene rings is 2. The van der Waals surface area contributed by atoms with Gasteiger partial charge < -0.3 is 9.88 Å². The van der Waals surface area contributed by atoms with Crippen LogP contribution in [0.5, 0.6) is 0 Å². The molecule has 1 aliphatic rings. The lowest BCUT2D eigenvalue weighted by Gasteiger charge is -2.25. The van der Waals surface area contributed by atoms with Gasteiger partial charge in [-0.05, 0) is 48.7 Å². The van der Waals surface area contributed by atoms with Gasteiger partial charge in [-0.3, -0.25) is 4.79 Å². The number of amides is 1. The maximum Gasteiger partial charge on any atom is 0.225 e. The smallest absolute Gasteiger partial charge is 0.225 e. The molecule has 0 saturated heterocycles. The van der Waals surface area contributed by atoms with E-state index in [1.54, 1.807) is 24.4 Å². The molecule has 2 unspecified atom stereocenters. The second kappa shape index (κ2) is 8.15. The maximum atomic E-state index is 14.7. The Hall–Kier alpha value is -3.02. The number of fused-ring (bicyclic) bond motifs is 1. The molecule has 0 radical (unpaired) electrons. The van der Waals surface area contributed by atoms with Gasteiger partial charge in [-0.15, -0.1) is 0 Å². The molecular formula is C23H23F2N3O. The van der Waals surface area contributed by atoms with Gasteiger partial charge in [0.15, 0.2) is 0 Å². The van der Waals surface area contributed by atoms with Crippen molar-refractivity contribution in [1.82, 2.24) is 9.55 Å². The third-order valence-electron chi connectivity index (χ3n) is 5.53. The molecule has 4 rings (SSSR count). The van der Waals surface area contributed by atoms with Crippen molar-refractivity contribution in [2.45, 2.75) is 44.6 Å². The zero-order valence-electron chi connectivity index (χ0n) is 16.2. The molecule has 2 heterocycles. The van der Waals surface area contributed by atoms with Gasteiger partial charge in [-0.25, -0.2) is 13.8 Å². The van der Waals surface area contributed by atoms with Crippen LogP contribution >= 0.6 is 0 Å². The van der Waals surface area contributed by atoms with Crippen LogP contribution in [-0.4, -0.2) is 15.5 Å². The SMILES string of the molecule is CC1CCCn2c(C(CC(=O)Nc3ccc(F)cc3)c3ccccc3F)cnc21. The number of carbonyl (C=O) groups excluding carboxylic acids is 1. The fourth-order valence-electron chi connectivity index (χ4n) is 4.07. The van der Waals surface area contributed by atoms with Gasteiger partial charge >= 0.3 is 0 Å². The molecule has 0 aliphatic carbocycles. The molecule has 29 heavy (non-hydrogen) atoms. The molecule has 1 aliphatic heterocycles. The van der Waals surface area contributed by atoms with Gasteiger partial charge in [-0.2, -0.15) is 0 Å². The topological polar surface area (TPSA) is 46.9 Å². The zero-order chi connectivity index (χ0) is 20.4. The highest BCUT2D eigenvalue weighted by molar-refractivity contribution is 5.91. The first-order valence-corrected chi connectivity index (χ1v) is 9.88. The molecule has 2 atom stereocenters. The second-order valence-corrected chi connectivity index (χ2v) is 7.57. The Morgan fingerprint density at radius 2 is 1.97 bits per heavy atom. The molecule has 0 fully saturated rings. The molecule has 1 amide bonds. The zero-order valence-corrected chi connectivity index (χ0v) is 16.2. The molecule has 150 valence electrons. The molecule has 0 saturated carbocycles. The number of halogens is 2. The quantitative estimate of drug-likeness (QED) is 0.644. The number of rotatable bonds is 5. The van der Waals surface area contributed by atoms with E-state index in [9.17, 15) is 13.6 Å². The lowest BCUT2D eigenvalue weighted by molar-refractivity contribution is -0.116. The maximum absolute atomic E-state index is 14.7. The molecular weight excluding hydrogens is 372 g/mol. The van der Waals surface area contributed by atoms with Gasteiger partial charge in [-0.1, -0.05) is 25.1 Å². The normalized spacial score (nSPS) is 16.9. The van der Waals surface area contributed by atoms with Crippen LogP contribution in [0.1, 0.15) is 55.1 Å². The van der Waals surface area contributed by atoms with E-state index >= 15 is 0 Å². The highest BCUT2D eigenvalue weighted by Gasteiger charge is 2.28. The van der Waals surface area contributed by atoms with E-state index in [0.717, 1.165) is 30.9 Å². The van der Waals surface area contributed by atoms with Crippen molar-refractivity contribution in [3.05, 3.63) is 83.4 Å². The summed E-state index contributed by atoms with van der Waals surface area (Å²) in [4.78, 5) is 17.3. The fourth-order valence-corrected chi connectivity index (χ4v) is 4.07. The van der Waals surface area contributed by atoms with E-state index in [1.807, 2.05) is 0 Å². The molecule has 6 heteroatoms. The number of hydrogen-bond acceptors (Lipinski definition) is 2. The van der Waals surface area contributed by atoms with E-state index in [-0.39, 0.29) is 24.0 Å². The molecule has 0 spiro atoms. The summed E-state index contributed by atoms with van der Waals surface area (Å²) < 4.78 is 29.9. The highest BCUT2D eigenvalue weighted by Crippen LogP contribution is 2.35. The van der Waals surface area contributed by atoms with Crippen molar-refractivity contribution < 1.29 is 13.6 Å². The van der Waals surface area contributed by atoms with E-state index in [4.69, 9.17) is 0 Å². The van der Waals surface area contributed by atoms with Gasteiger partial charge in [0.25, 0.3) is 0 Å². The number of nitrogens with zero attached hydrogens (tertiary/aromatic N) is 2. The van der Waals surface area contributed by atoms with Crippen molar-refractivity contribution in [2.24, 2.45) is 0 Å².